The minimum absolute atomic E-state index is 0.0308. The van der Waals surface area contributed by atoms with Crippen molar-refractivity contribution in [2.75, 3.05) is 0 Å². The molecule has 0 fully saturated rings. The molecule has 0 aromatic carbocycles. The van der Waals surface area contributed by atoms with Crippen molar-refractivity contribution in [1.82, 2.24) is 18.7 Å². The molecule has 0 atom stereocenters. The van der Waals surface area contributed by atoms with Gasteiger partial charge in [-0.1, -0.05) is 26.7 Å². The first-order chi connectivity index (χ1) is 14.1. The molecule has 0 radical (unpaired) electrons. The standard InChI is InChI=1S/C12H16N4O4.C8H16O2/c1-14-7-13-10-9(14)11(19)16(12(20)15(10)2)6-4-3-5-8(17)18;1-3-5-7(6-4-2)8(9)10/h7H,3-6H2,1-2H3,(H,17,18);7H,3-6H2,1-2H3,(H,9,10). The quantitative estimate of drug-likeness (QED) is 0.556. The van der Waals surface area contributed by atoms with Gasteiger partial charge in [0.1, 0.15) is 0 Å². The molecule has 0 bridgehead atoms. The molecule has 10 nitrogen and oxygen atoms in total. The largest absolute Gasteiger partial charge is 0.481 e. The lowest BCUT2D eigenvalue weighted by molar-refractivity contribution is -0.142. The van der Waals surface area contributed by atoms with E-state index in [1.807, 2.05) is 13.8 Å². The van der Waals surface area contributed by atoms with Gasteiger partial charge in [-0.05, 0) is 25.7 Å². The molecule has 0 unspecified atom stereocenters. The Bertz CT molecular complexity index is 966. The molecule has 2 aromatic rings. The van der Waals surface area contributed by atoms with Crippen LogP contribution in [0.1, 0.15) is 58.8 Å². The third-order valence-corrected chi connectivity index (χ3v) is 4.85. The number of hydrogen-bond acceptors (Lipinski definition) is 5. The fraction of sp³-hybridized carbons (Fsp3) is 0.650. The zero-order valence-electron chi connectivity index (χ0n) is 18.1. The molecule has 0 spiro atoms. The molecule has 2 rings (SSSR count). The van der Waals surface area contributed by atoms with E-state index in [1.165, 1.54) is 10.9 Å². The summed E-state index contributed by atoms with van der Waals surface area (Å²) in [5.41, 5.74) is -0.107. The van der Waals surface area contributed by atoms with Gasteiger partial charge in [0, 0.05) is 27.1 Å². The molecule has 2 aromatic heterocycles. The second-order valence-corrected chi connectivity index (χ2v) is 7.29. The van der Waals surface area contributed by atoms with Crippen LogP contribution in [0.2, 0.25) is 0 Å². The summed E-state index contributed by atoms with van der Waals surface area (Å²) in [6, 6.07) is 0. The number of aliphatic carboxylic acids is 2. The Kier molecular flexibility index (Phi) is 10.00. The molecule has 0 aliphatic heterocycles. The fourth-order valence-corrected chi connectivity index (χ4v) is 3.23. The second-order valence-electron chi connectivity index (χ2n) is 7.29. The van der Waals surface area contributed by atoms with Crippen LogP contribution < -0.4 is 11.2 Å². The number of rotatable bonds is 10. The number of carboxylic acids is 2. The van der Waals surface area contributed by atoms with Gasteiger partial charge in [-0.15, -0.1) is 0 Å². The Labute approximate surface area is 174 Å². The van der Waals surface area contributed by atoms with E-state index >= 15 is 0 Å². The third kappa shape index (κ3) is 6.57. The Morgan fingerprint density at radius 1 is 1.07 bits per heavy atom. The normalized spacial score (nSPS) is 10.8. The molecule has 2 heterocycles. The van der Waals surface area contributed by atoms with Gasteiger partial charge < -0.3 is 14.8 Å². The van der Waals surface area contributed by atoms with Crippen LogP contribution in [0.4, 0.5) is 0 Å². The number of carboxylic acid groups (broad SMARTS) is 2. The van der Waals surface area contributed by atoms with Crippen LogP contribution in [0.25, 0.3) is 11.2 Å². The summed E-state index contributed by atoms with van der Waals surface area (Å²) < 4.78 is 4.03. The molecule has 0 amide bonds. The maximum absolute atomic E-state index is 12.3. The maximum atomic E-state index is 12.3. The minimum atomic E-state index is -0.882. The summed E-state index contributed by atoms with van der Waals surface area (Å²) in [5, 5.41) is 17.2. The Morgan fingerprint density at radius 2 is 1.67 bits per heavy atom. The van der Waals surface area contributed by atoms with E-state index in [9.17, 15) is 19.2 Å². The average molecular weight is 424 g/mol. The Balaban J connectivity index is 0.000000382. The van der Waals surface area contributed by atoms with Gasteiger partial charge in [0.25, 0.3) is 5.56 Å². The number of nitrogens with zero attached hydrogens (tertiary/aromatic N) is 4. The predicted octanol–water partition coefficient (Wildman–Crippen LogP) is 1.98. The van der Waals surface area contributed by atoms with E-state index in [0.717, 1.165) is 30.3 Å². The molecule has 2 N–H and O–H groups in total. The van der Waals surface area contributed by atoms with E-state index in [1.54, 1.807) is 18.7 Å². The lowest BCUT2D eigenvalue weighted by atomic mass is 9.99. The van der Waals surface area contributed by atoms with Gasteiger partial charge in [-0.25, -0.2) is 9.78 Å². The van der Waals surface area contributed by atoms with Crippen molar-refractivity contribution in [3.63, 3.8) is 0 Å². The highest BCUT2D eigenvalue weighted by Gasteiger charge is 2.15. The lowest BCUT2D eigenvalue weighted by Gasteiger charge is -2.08. The first-order valence-electron chi connectivity index (χ1n) is 10.2. The molecule has 10 heteroatoms. The number of carbonyl (C=O) groups is 2. The van der Waals surface area contributed by atoms with Crippen molar-refractivity contribution in [2.24, 2.45) is 20.0 Å². The zero-order chi connectivity index (χ0) is 22.8. The maximum Gasteiger partial charge on any atom is 0.332 e. The Hall–Kier alpha value is -2.91. The first-order valence-corrected chi connectivity index (χ1v) is 10.2. The summed E-state index contributed by atoms with van der Waals surface area (Å²) in [5.74, 6) is -1.62. The van der Waals surface area contributed by atoms with Gasteiger partial charge in [0.15, 0.2) is 11.2 Å². The summed E-state index contributed by atoms with van der Waals surface area (Å²) in [4.78, 5) is 49.3. The van der Waals surface area contributed by atoms with E-state index in [-0.39, 0.29) is 18.9 Å². The van der Waals surface area contributed by atoms with E-state index < -0.39 is 23.2 Å². The fourth-order valence-electron chi connectivity index (χ4n) is 3.23. The van der Waals surface area contributed by atoms with Crippen LogP contribution in [0, 0.1) is 5.92 Å². The predicted molar refractivity (Wildman–Crippen MR) is 113 cm³/mol. The SMILES string of the molecule is CCCC(CCC)C(=O)O.Cn1cnc2c1c(=O)n(CCCCC(=O)O)c(=O)n2C. The van der Waals surface area contributed by atoms with Gasteiger partial charge in [0.2, 0.25) is 0 Å². The molecule has 0 saturated heterocycles. The summed E-state index contributed by atoms with van der Waals surface area (Å²) in [6.45, 7) is 4.25. The highest BCUT2D eigenvalue weighted by molar-refractivity contribution is 5.70. The van der Waals surface area contributed by atoms with Crippen molar-refractivity contribution in [3.8, 4) is 0 Å². The van der Waals surface area contributed by atoms with Crippen molar-refractivity contribution < 1.29 is 19.8 Å². The number of fused-ring (bicyclic) bond motifs is 1. The molecule has 0 saturated carbocycles. The van der Waals surface area contributed by atoms with Crippen LogP contribution in [-0.4, -0.2) is 40.8 Å². The zero-order valence-corrected chi connectivity index (χ0v) is 18.1. The van der Waals surface area contributed by atoms with Crippen LogP contribution in [-0.2, 0) is 30.2 Å². The molecule has 0 aliphatic carbocycles. The highest BCUT2D eigenvalue weighted by Crippen LogP contribution is 2.12. The minimum Gasteiger partial charge on any atom is -0.481 e. The number of imidazole rings is 1. The van der Waals surface area contributed by atoms with Gasteiger partial charge >= 0.3 is 17.6 Å². The second kappa shape index (κ2) is 11.9. The molecular formula is C20H32N4O6. The van der Waals surface area contributed by atoms with Crippen LogP contribution in [0.5, 0.6) is 0 Å². The van der Waals surface area contributed by atoms with Gasteiger partial charge in [-0.2, -0.15) is 0 Å². The van der Waals surface area contributed by atoms with Crippen LogP contribution in [0.3, 0.4) is 0 Å². The van der Waals surface area contributed by atoms with Crippen LogP contribution >= 0.6 is 0 Å². The summed E-state index contributed by atoms with van der Waals surface area (Å²) >= 11 is 0. The van der Waals surface area contributed by atoms with Crippen molar-refractivity contribution in [3.05, 3.63) is 27.2 Å². The summed E-state index contributed by atoms with van der Waals surface area (Å²) in [7, 11) is 3.25. The molecule has 168 valence electrons. The van der Waals surface area contributed by atoms with E-state index in [4.69, 9.17) is 10.2 Å². The first kappa shape index (κ1) is 25.1. The topological polar surface area (TPSA) is 136 Å². The average Bonchev–Trinajstić information content (AvgIpc) is 3.07. The molecule has 0 aliphatic rings. The van der Waals surface area contributed by atoms with Gasteiger partial charge in [0.05, 0.1) is 12.2 Å². The smallest absolute Gasteiger partial charge is 0.332 e. The van der Waals surface area contributed by atoms with E-state index in [0.29, 0.717) is 24.0 Å². The summed E-state index contributed by atoms with van der Waals surface area (Å²) in [6.07, 6.45) is 5.99. The van der Waals surface area contributed by atoms with E-state index in [2.05, 4.69) is 4.98 Å². The van der Waals surface area contributed by atoms with Crippen molar-refractivity contribution in [2.45, 2.75) is 65.3 Å². The number of unbranched alkanes of at least 4 members (excludes halogenated alkanes) is 1. The number of aromatic nitrogens is 4. The molecule has 30 heavy (non-hydrogen) atoms. The highest BCUT2D eigenvalue weighted by atomic mass is 16.4. The Morgan fingerprint density at radius 3 is 2.17 bits per heavy atom. The monoisotopic (exact) mass is 424 g/mol. The number of hydrogen-bond donors (Lipinski definition) is 2. The number of aryl methyl sites for hydroxylation is 2. The van der Waals surface area contributed by atoms with Gasteiger partial charge in [-0.3, -0.25) is 23.5 Å². The third-order valence-electron chi connectivity index (χ3n) is 4.85. The van der Waals surface area contributed by atoms with Crippen molar-refractivity contribution in [1.29, 1.82) is 0 Å². The lowest BCUT2D eigenvalue weighted by Crippen LogP contribution is -2.39. The molecular weight excluding hydrogens is 392 g/mol. The van der Waals surface area contributed by atoms with Crippen molar-refractivity contribution >= 4 is 23.1 Å². The van der Waals surface area contributed by atoms with Crippen LogP contribution in [0.15, 0.2) is 15.9 Å².